The summed E-state index contributed by atoms with van der Waals surface area (Å²) in [6, 6.07) is 9.79. The molecule has 0 aliphatic rings. The quantitative estimate of drug-likeness (QED) is 0.835. The van der Waals surface area contributed by atoms with Crippen molar-refractivity contribution < 1.29 is 19.4 Å². The van der Waals surface area contributed by atoms with E-state index in [1.165, 1.54) is 6.92 Å². The maximum absolute atomic E-state index is 11.7. The molecule has 23 heavy (non-hydrogen) atoms. The van der Waals surface area contributed by atoms with Crippen LogP contribution in [0.25, 0.3) is 0 Å². The van der Waals surface area contributed by atoms with Crippen molar-refractivity contribution in [3.63, 3.8) is 0 Å². The number of carbonyl (C=O) groups is 1. The van der Waals surface area contributed by atoms with E-state index in [9.17, 15) is 9.90 Å². The van der Waals surface area contributed by atoms with Crippen molar-refractivity contribution in [3.05, 3.63) is 52.0 Å². The zero-order valence-electron chi connectivity index (χ0n) is 13.1. The Hall–Kier alpha value is -2.21. The van der Waals surface area contributed by atoms with E-state index in [1.807, 2.05) is 0 Å². The summed E-state index contributed by atoms with van der Waals surface area (Å²) in [4.78, 5) is 11.7. The molecule has 2 rings (SSSR count). The Labute approximate surface area is 143 Å². The Morgan fingerprint density at radius 1 is 1.13 bits per heavy atom. The number of benzene rings is 2. The molecule has 1 atom stereocenters. The molecule has 0 aromatic heterocycles. The minimum Gasteiger partial charge on any atom is -0.508 e. The first-order valence-corrected chi connectivity index (χ1v) is 7.73. The minimum absolute atomic E-state index is 0.0804. The van der Waals surface area contributed by atoms with Crippen LogP contribution in [0.4, 0.5) is 0 Å². The van der Waals surface area contributed by atoms with Gasteiger partial charge in [0, 0.05) is 22.5 Å². The van der Waals surface area contributed by atoms with E-state index in [1.54, 1.807) is 50.6 Å². The van der Waals surface area contributed by atoms with E-state index in [4.69, 9.17) is 9.47 Å². The first-order chi connectivity index (χ1) is 11.0. The Morgan fingerprint density at radius 3 is 2.48 bits per heavy atom. The van der Waals surface area contributed by atoms with Gasteiger partial charge in [0.25, 0.3) is 0 Å². The van der Waals surface area contributed by atoms with Gasteiger partial charge in [0.2, 0.25) is 5.91 Å². The second-order valence-electron chi connectivity index (χ2n) is 4.94. The number of methoxy groups -OCH3 is 2. The molecule has 0 radical (unpaired) electrons. The maximum Gasteiger partial charge on any atom is 0.217 e. The van der Waals surface area contributed by atoms with Gasteiger partial charge in [-0.1, -0.05) is 15.9 Å². The molecule has 5 nitrogen and oxygen atoms in total. The lowest BCUT2D eigenvalue weighted by molar-refractivity contribution is -0.119. The van der Waals surface area contributed by atoms with Gasteiger partial charge in [0.15, 0.2) is 0 Å². The highest BCUT2D eigenvalue weighted by molar-refractivity contribution is 9.10. The van der Waals surface area contributed by atoms with Crippen molar-refractivity contribution in [2.45, 2.75) is 13.0 Å². The van der Waals surface area contributed by atoms with E-state index in [2.05, 4.69) is 21.2 Å². The van der Waals surface area contributed by atoms with Crippen LogP contribution >= 0.6 is 15.9 Å². The van der Waals surface area contributed by atoms with Gasteiger partial charge in [-0.3, -0.25) is 4.79 Å². The summed E-state index contributed by atoms with van der Waals surface area (Å²) in [5, 5.41) is 13.1. The average Bonchev–Trinajstić information content (AvgIpc) is 2.54. The lowest BCUT2D eigenvalue weighted by atomic mass is 9.96. The van der Waals surface area contributed by atoms with Crippen LogP contribution in [0.3, 0.4) is 0 Å². The highest BCUT2D eigenvalue weighted by Gasteiger charge is 2.23. The van der Waals surface area contributed by atoms with Gasteiger partial charge < -0.3 is 19.9 Å². The van der Waals surface area contributed by atoms with Crippen molar-refractivity contribution >= 4 is 21.8 Å². The number of hydrogen-bond acceptors (Lipinski definition) is 4. The summed E-state index contributed by atoms with van der Waals surface area (Å²) in [6.07, 6.45) is 0. The summed E-state index contributed by atoms with van der Waals surface area (Å²) in [5.74, 6) is 1.07. The number of rotatable bonds is 5. The zero-order chi connectivity index (χ0) is 17.0. The van der Waals surface area contributed by atoms with Crippen LogP contribution in [0.5, 0.6) is 17.2 Å². The number of halogens is 1. The van der Waals surface area contributed by atoms with Gasteiger partial charge in [-0.2, -0.15) is 0 Å². The number of ether oxygens (including phenoxy) is 2. The van der Waals surface area contributed by atoms with Crippen molar-refractivity contribution in [3.8, 4) is 17.2 Å². The number of phenolic OH excluding ortho intramolecular Hbond substituents is 1. The molecule has 1 unspecified atom stereocenters. The van der Waals surface area contributed by atoms with Crippen LogP contribution < -0.4 is 14.8 Å². The Morgan fingerprint density at radius 2 is 1.87 bits per heavy atom. The van der Waals surface area contributed by atoms with Crippen molar-refractivity contribution in [1.29, 1.82) is 0 Å². The standard InChI is InChI=1S/C17H18BrNO4/c1-10(20)19-17(13-8-11(18)4-6-15(13)21)14-9-12(22-2)5-7-16(14)23-3/h4-9,17,21H,1-3H3,(H,19,20). The summed E-state index contributed by atoms with van der Waals surface area (Å²) < 4.78 is 11.5. The lowest BCUT2D eigenvalue weighted by Gasteiger charge is -2.23. The van der Waals surface area contributed by atoms with Crippen LogP contribution in [-0.4, -0.2) is 25.2 Å². The highest BCUT2D eigenvalue weighted by Crippen LogP contribution is 2.37. The van der Waals surface area contributed by atoms with Crippen molar-refractivity contribution in [2.24, 2.45) is 0 Å². The number of carbonyl (C=O) groups excluding carboxylic acids is 1. The molecular weight excluding hydrogens is 362 g/mol. The van der Waals surface area contributed by atoms with E-state index in [0.717, 1.165) is 4.47 Å². The van der Waals surface area contributed by atoms with Crippen molar-refractivity contribution in [2.75, 3.05) is 14.2 Å². The second kappa shape index (κ2) is 7.37. The predicted octanol–water partition coefficient (Wildman–Crippen LogP) is 3.40. The lowest BCUT2D eigenvalue weighted by Crippen LogP contribution is -2.27. The second-order valence-corrected chi connectivity index (χ2v) is 5.86. The average molecular weight is 380 g/mol. The molecule has 0 spiro atoms. The van der Waals surface area contributed by atoms with Crippen LogP contribution in [0.1, 0.15) is 24.1 Å². The van der Waals surface area contributed by atoms with Gasteiger partial charge in [-0.05, 0) is 36.4 Å². The van der Waals surface area contributed by atoms with Crippen LogP contribution in [0.2, 0.25) is 0 Å². The SMILES string of the molecule is COc1ccc(OC)c(C(NC(C)=O)c2cc(Br)ccc2O)c1. The highest BCUT2D eigenvalue weighted by atomic mass is 79.9. The number of hydrogen-bond donors (Lipinski definition) is 2. The monoisotopic (exact) mass is 379 g/mol. The maximum atomic E-state index is 11.7. The first-order valence-electron chi connectivity index (χ1n) is 6.93. The Kier molecular flexibility index (Phi) is 5.50. The fourth-order valence-corrected chi connectivity index (χ4v) is 2.73. The van der Waals surface area contributed by atoms with Gasteiger partial charge in [-0.25, -0.2) is 0 Å². The van der Waals surface area contributed by atoms with E-state index < -0.39 is 6.04 Å². The van der Waals surface area contributed by atoms with Crippen LogP contribution in [0, 0.1) is 0 Å². The molecule has 0 saturated carbocycles. The van der Waals surface area contributed by atoms with Gasteiger partial charge in [-0.15, -0.1) is 0 Å². The predicted molar refractivity (Wildman–Crippen MR) is 91.0 cm³/mol. The van der Waals surface area contributed by atoms with Gasteiger partial charge in [0.05, 0.1) is 20.3 Å². The molecule has 0 heterocycles. The molecule has 2 aromatic carbocycles. The summed E-state index contributed by atoms with van der Waals surface area (Å²) >= 11 is 3.39. The third kappa shape index (κ3) is 3.96. The van der Waals surface area contributed by atoms with Crippen molar-refractivity contribution in [1.82, 2.24) is 5.32 Å². The van der Waals surface area contributed by atoms with Crippen LogP contribution in [-0.2, 0) is 4.79 Å². The molecule has 2 aromatic rings. The molecule has 6 heteroatoms. The molecule has 0 saturated heterocycles. The van der Waals surface area contributed by atoms with Gasteiger partial charge >= 0.3 is 0 Å². The molecule has 1 amide bonds. The normalized spacial score (nSPS) is 11.7. The smallest absolute Gasteiger partial charge is 0.217 e. The third-order valence-electron chi connectivity index (χ3n) is 3.40. The number of nitrogens with one attached hydrogen (secondary N) is 1. The largest absolute Gasteiger partial charge is 0.508 e. The minimum atomic E-state index is -0.574. The molecule has 122 valence electrons. The Balaban J connectivity index is 2.63. The molecule has 0 aliphatic heterocycles. The van der Waals surface area contributed by atoms with Crippen LogP contribution in [0.15, 0.2) is 40.9 Å². The number of aromatic hydroxyl groups is 1. The summed E-state index contributed by atoms with van der Waals surface area (Å²) in [5.41, 5.74) is 1.25. The zero-order valence-corrected chi connectivity index (χ0v) is 14.7. The molecular formula is C17H18BrNO4. The van der Waals surface area contributed by atoms with E-state index in [0.29, 0.717) is 22.6 Å². The first kappa shape index (κ1) is 17.1. The van der Waals surface area contributed by atoms with E-state index >= 15 is 0 Å². The van der Waals surface area contributed by atoms with E-state index in [-0.39, 0.29) is 11.7 Å². The van der Waals surface area contributed by atoms with Gasteiger partial charge in [0.1, 0.15) is 17.2 Å². The number of phenols is 1. The topological polar surface area (TPSA) is 67.8 Å². The fourth-order valence-electron chi connectivity index (χ4n) is 2.35. The summed E-state index contributed by atoms with van der Waals surface area (Å²) in [7, 11) is 3.12. The molecule has 0 aliphatic carbocycles. The third-order valence-corrected chi connectivity index (χ3v) is 3.89. The number of amides is 1. The Bertz CT molecular complexity index is 718. The summed E-state index contributed by atoms with van der Waals surface area (Å²) in [6.45, 7) is 1.43. The molecule has 0 bridgehead atoms. The molecule has 0 fully saturated rings. The fraction of sp³-hybridized carbons (Fsp3) is 0.235. The molecule has 2 N–H and O–H groups in total.